The Balaban J connectivity index is 1.50. The summed E-state index contributed by atoms with van der Waals surface area (Å²) in [7, 11) is 0. The van der Waals surface area contributed by atoms with Crippen LogP contribution in [0.2, 0.25) is 0 Å². The zero-order valence-electron chi connectivity index (χ0n) is 10.5. The Morgan fingerprint density at radius 3 is 2.59 bits per heavy atom. The Bertz CT molecular complexity index is 287. The molecular weight excluding hydrogens is 214 g/mol. The van der Waals surface area contributed by atoms with Crippen LogP contribution in [-0.4, -0.2) is 24.7 Å². The molecule has 3 aliphatic rings. The summed E-state index contributed by atoms with van der Waals surface area (Å²) in [5.41, 5.74) is 0.215. The number of amides is 1. The Morgan fingerprint density at radius 1 is 1.24 bits per heavy atom. The lowest BCUT2D eigenvalue weighted by Crippen LogP contribution is -2.42. The van der Waals surface area contributed by atoms with Gasteiger partial charge >= 0.3 is 0 Å². The maximum absolute atomic E-state index is 12.0. The van der Waals surface area contributed by atoms with E-state index in [4.69, 9.17) is 4.74 Å². The molecular formula is C14H23NO2. The van der Waals surface area contributed by atoms with Gasteiger partial charge in [0, 0.05) is 25.2 Å². The Labute approximate surface area is 103 Å². The van der Waals surface area contributed by atoms with Crippen molar-refractivity contribution in [3.05, 3.63) is 0 Å². The summed E-state index contributed by atoms with van der Waals surface area (Å²) in [5, 5.41) is 3.34. The molecule has 96 valence electrons. The Hall–Kier alpha value is -0.570. The van der Waals surface area contributed by atoms with Crippen LogP contribution in [0.15, 0.2) is 0 Å². The quantitative estimate of drug-likeness (QED) is 0.814. The maximum Gasteiger partial charge on any atom is 0.220 e. The van der Waals surface area contributed by atoms with E-state index in [-0.39, 0.29) is 11.4 Å². The molecule has 0 aromatic rings. The second-order valence-corrected chi connectivity index (χ2v) is 6.12. The van der Waals surface area contributed by atoms with Crippen LogP contribution >= 0.6 is 0 Å². The van der Waals surface area contributed by atoms with E-state index < -0.39 is 0 Å². The second kappa shape index (κ2) is 4.60. The highest BCUT2D eigenvalue weighted by Gasteiger charge is 2.50. The third kappa shape index (κ3) is 2.49. The van der Waals surface area contributed by atoms with Gasteiger partial charge in [-0.2, -0.15) is 0 Å². The summed E-state index contributed by atoms with van der Waals surface area (Å²) in [5.74, 6) is 1.51. The molecule has 3 rings (SSSR count). The molecule has 17 heavy (non-hydrogen) atoms. The summed E-state index contributed by atoms with van der Waals surface area (Å²) in [6.45, 7) is 1.62. The maximum atomic E-state index is 12.0. The van der Waals surface area contributed by atoms with Crippen molar-refractivity contribution >= 4 is 5.91 Å². The smallest absolute Gasteiger partial charge is 0.220 e. The zero-order valence-corrected chi connectivity index (χ0v) is 10.5. The predicted octanol–water partition coefficient (Wildman–Crippen LogP) is 2.25. The van der Waals surface area contributed by atoms with E-state index in [0.717, 1.165) is 25.6 Å². The second-order valence-electron chi connectivity index (χ2n) is 6.12. The van der Waals surface area contributed by atoms with Crippen molar-refractivity contribution in [1.82, 2.24) is 5.32 Å². The molecule has 2 saturated carbocycles. The molecule has 1 saturated heterocycles. The van der Waals surface area contributed by atoms with Gasteiger partial charge in [0.2, 0.25) is 5.91 Å². The van der Waals surface area contributed by atoms with E-state index in [0.29, 0.717) is 12.3 Å². The predicted molar refractivity (Wildman–Crippen MR) is 65.6 cm³/mol. The summed E-state index contributed by atoms with van der Waals surface area (Å²) >= 11 is 0. The van der Waals surface area contributed by atoms with Crippen LogP contribution in [0.5, 0.6) is 0 Å². The van der Waals surface area contributed by atoms with Crippen molar-refractivity contribution in [3.8, 4) is 0 Å². The molecule has 2 aliphatic carbocycles. The van der Waals surface area contributed by atoms with Gasteiger partial charge in [0.15, 0.2) is 0 Å². The topological polar surface area (TPSA) is 38.3 Å². The molecule has 0 aromatic heterocycles. The lowest BCUT2D eigenvalue weighted by molar-refractivity contribution is -0.123. The largest absolute Gasteiger partial charge is 0.381 e. The minimum absolute atomic E-state index is 0.215. The first-order chi connectivity index (χ1) is 8.28. The van der Waals surface area contributed by atoms with Crippen LogP contribution in [0.1, 0.15) is 51.4 Å². The fourth-order valence-corrected chi connectivity index (χ4v) is 3.58. The first kappa shape index (κ1) is 11.5. The third-order valence-electron chi connectivity index (χ3n) is 4.81. The summed E-state index contributed by atoms with van der Waals surface area (Å²) in [6.07, 6.45) is 9.53. The Kier molecular flexibility index (Phi) is 3.12. The first-order valence-corrected chi connectivity index (χ1v) is 7.17. The van der Waals surface area contributed by atoms with E-state index in [2.05, 4.69) is 5.32 Å². The molecule has 1 aliphatic heterocycles. The summed E-state index contributed by atoms with van der Waals surface area (Å²) < 4.78 is 5.32. The molecule has 1 N–H and O–H groups in total. The third-order valence-corrected chi connectivity index (χ3v) is 4.81. The number of nitrogens with one attached hydrogen (secondary N) is 1. The summed E-state index contributed by atoms with van der Waals surface area (Å²) in [4.78, 5) is 12.0. The highest BCUT2D eigenvalue weighted by atomic mass is 16.5. The molecule has 1 amide bonds. The fourth-order valence-electron chi connectivity index (χ4n) is 3.58. The first-order valence-electron chi connectivity index (χ1n) is 7.17. The summed E-state index contributed by atoms with van der Waals surface area (Å²) in [6, 6.07) is 0. The van der Waals surface area contributed by atoms with Crippen molar-refractivity contribution in [2.75, 3.05) is 13.2 Å². The van der Waals surface area contributed by atoms with Gasteiger partial charge in [-0.05, 0) is 43.9 Å². The number of hydrogen-bond donors (Lipinski definition) is 1. The Morgan fingerprint density at radius 2 is 2.00 bits per heavy atom. The van der Waals surface area contributed by atoms with Gasteiger partial charge in [0.1, 0.15) is 0 Å². The van der Waals surface area contributed by atoms with Gasteiger partial charge in [-0.3, -0.25) is 4.79 Å². The average molecular weight is 237 g/mol. The highest BCUT2D eigenvalue weighted by molar-refractivity contribution is 5.77. The highest BCUT2D eigenvalue weighted by Crippen LogP contribution is 2.49. The number of rotatable bonds is 4. The monoisotopic (exact) mass is 237 g/mol. The number of hydrogen-bond acceptors (Lipinski definition) is 2. The zero-order chi connectivity index (χ0) is 11.7. The normalized spacial score (nSPS) is 31.6. The van der Waals surface area contributed by atoms with Gasteiger partial charge in [0.05, 0.1) is 0 Å². The molecule has 0 aromatic carbocycles. The van der Waals surface area contributed by atoms with Gasteiger partial charge < -0.3 is 10.1 Å². The molecule has 1 atom stereocenters. The van der Waals surface area contributed by atoms with Crippen LogP contribution in [0, 0.1) is 11.8 Å². The van der Waals surface area contributed by atoms with Gasteiger partial charge in [-0.15, -0.1) is 0 Å². The van der Waals surface area contributed by atoms with Crippen molar-refractivity contribution in [2.24, 2.45) is 11.8 Å². The lowest BCUT2D eigenvalue weighted by Gasteiger charge is -2.24. The van der Waals surface area contributed by atoms with Crippen LogP contribution in [-0.2, 0) is 9.53 Å². The van der Waals surface area contributed by atoms with E-state index in [9.17, 15) is 4.79 Å². The molecule has 3 nitrogen and oxygen atoms in total. The van der Waals surface area contributed by atoms with Crippen LogP contribution < -0.4 is 5.32 Å². The molecule has 3 fully saturated rings. The van der Waals surface area contributed by atoms with Gasteiger partial charge in [-0.25, -0.2) is 0 Å². The van der Waals surface area contributed by atoms with E-state index >= 15 is 0 Å². The van der Waals surface area contributed by atoms with E-state index in [1.54, 1.807) is 0 Å². The molecule has 0 spiro atoms. The van der Waals surface area contributed by atoms with Crippen molar-refractivity contribution in [1.29, 1.82) is 0 Å². The molecule has 3 heteroatoms. The number of ether oxygens (including phenoxy) is 1. The van der Waals surface area contributed by atoms with E-state index in [1.165, 1.54) is 38.5 Å². The van der Waals surface area contributed by atoms with Crippen LogP contribution in [0.4, 0.5) is 0 Å². The average Bonchev–Trinajstić information content (AvgIpc) is 2.76. The minimum atomic E-state index is 0.215. The van der Waals surface area contributed by atoms with Crippen molar-refractivity contribution in [2.45, 2.75) is 56.9 Å². The van der Waals surface area contributed by atoms with Crippen LogP contribution in [0.25, 0.3) is 0 Å². The minimum Gasteiger partial charge on any atom is -0.381 e. The fraction of sp³-hybridized carbons (Fsp3) is 0.929. The van der Waals surface area contributed by atoms with Crippen LogP contribution in [0.3, 0.4) is 0 Å². The lowest BCUT2D eigenvalue weighted by atomic mass is 9.94. The molecule has 0 bridgehead atoms. The number of carbonyl (C=O) groups is 1. The van der Waals surface area contributed by atoms with Crippen molar-refractivity contribution < 1.29 is 9.53 Å². The van der Waals surface area contributed by atoms with E-state index in [1.807, 2.05) is 0 Å². The molecule has 0 unspecified atom stereocenters. The SMILES string of the molecule is O=C(C[C@@H]1CCOC1)NC1(C2CCCC2)CC1. The van der Waals surface area contributed by atoms with Gasteiger partial charge in [-0.1, -0.05) is 12.8 Å². The molecule has 0 radical (unpaired) electrons. The standard InChI is InChI=1S/C14H23NO2/c16-13(9-11-5-8-17-10-11)15-14(6-7-14)12-3-1-2-4-12/h11-12H,1-10H2,(H,15,16)/t11-/m0/s1. The molecule has 1 heterocycles. The van der Waals surface area contributed by atoms with Crippen molar-refractivity contribution in [3.63, 3.8) is 0 Å². The number of carbonyl (C=O) groups excluding carboxylic acids is 1. The van der Waals surface area contributed by atoms with Gasteiger partial charge in [0.25, 0.3) is 0 Å².